The minimum atomic E-state index is -3.34. The lowest BCUT2D eigenvalue weighted by Gasteiger charge is -2.31. The first-order valence-electron chi connectivity index (χ1n) is 9.01. The van der Waals surface area contributed by atoms with E-state index >= 15 is 0 Å². The van der Waals surface area contributed by atoms with E-state index in [4.69, 9.17) is 4.74 Å². The maximum atomic E-state index is 12.1. The van der Waals surface area contributed by atoms with E-state index in [0.29, 0.717) is 12.6 Å². The van der Waals surface area contributed by atoms with E-state index in [1.54, 1.807) is 6.20 Å². The molecule has 7 heteroatoms. The Hall–Kier alpha value is -0.920. The summed E-state index contributed by atoms with van der Waals surface area (Å²) in [6.45, 7) is 2.08. The molecule has 0 N–H and O–H groups in total. The van der Waals surface area contributed by atoms with Crippen LogP contribution >= 0.6 is 0 Å². The fraction of sp³-hybridized carbons (Fsp3) is 0.824. The van der Waals surface area contributed by atoms with Crippen LogP contribution in [0, 0.1) is 0 Å². The second-order valence-corrected chi connectivity index (χ2v) is 9.17. The SMILES string of the molecule is CN(Cc1cnc(S(C)(=O)=O)n1C[C@@H]1CCCO1)C1CCCCC1. The minimum absolute atomic E-state index is 0.0958. The highest BCUT2D eigenvalue weighted by atomic mass is 32.2. The summed E-state index contributed by atoms with van der Waals surface area (Å²) in [6, 6.07) is 0.589. The van der Waals surface area contributed by atoms with Gasteiger partial charge in [-0.1, -0.05) is 19.3 Å². The van der Waals surface area contributed by atoms with Crippen molar-refractivity contribution in [3.8, 4) is 0 Å². The molecule has 6 nitrogen and oxygen atoms in total. The van der Waals surface area contributed by atoms with E-state index in [-0.39, 0.29) is 11.3 Å². The van der Waals surface area contributed by atoms with Gasteiger partial charge in [0.05, 0.1) is 24.5 Å². The topological polar surface area (TPSA) is 64.4 Å². The predicted octanol–water partition coefficient (Wildman–Crippen LogP) is 2.23. The van der Waals surface area contributed by atoms with Gasteiger partial charge in [-0.2, -0.15) is 0 Å². The van der Waals surface area contributed by atoms with Gasteiger partial charge in [0, 0.05) is 25.4 Å². The average molecular weight is 356 g/mol. The van der Waals surface area contributed by atoms with Crippen LogP contribution in [0.5, 0.6) is 0 Å². The number of sulfone groups is 1. The van der Waals surface area contributed by atoms with Crippen molar-refractivity contribution in [3.05, 3.63) is 11.9 Å². The van der Waals surface area contributed by atoms with E-state index in [9.17, 15) is 8.42 Å². The number of imidazole rings is 1. The standard InChI is InChI=1S/C17H29N3O3S/c1-19(14-7-4-3-5-8-14)12-15-11-18-17(24(2,21)22)20(15)13-16-9-6-10-23-16/h11,14,16H,3-10,12-13H2,1-2H3/t16-/m0/s1. The lowest BCUT2D eigenvalue weighted by molar-refractivity contribution is 0.0927. The summed E-state index contributed by atoms with van der Waals surface area (Å²) < 4.78 is 31.8. The average Bonchev–Trinajstić information content (AvgIpc) is 3.19. The zero-order valence-corrected chi connectivity index (χ0v) is 15.6. The van der Waals surface area contributed by atoms with E-state index < -0.39 is 9.84 Å². The lowest BCUT2D eigenvalue weighted by Crippen LogP contribution is -2.34. The summed E-state index contributed by atoms with van der Waals surface area (Å²) in [5.74, 6) is 0. The molecule has 2 aliphatic rings. The maximum absolute atomic E-state index is 12.1. The molecule has 0 aromatic carbocycles. The molecule has 1 aliphatic carbocycles. The fourth-order valence-corrected chi connectivity index (χ4v) is 4.74. The van der Waals surface area contributed by atoms with E-state index in [1.807, 2.05) is 4.57 Å². The molecule has 1 aromatic rings. The smallest absolute Gasteiger partial charge is 0.227 e. The molecule has 24 heavy (non-hydrogen) atoms. The number of rotatable bonds is 6. The molecule has 1 saturated heterocycles. The van der Waals surface area contributed by atoms with Crippen LogP contribution in [0.3, 0.4) is 0 Å². The molecule has 0 amide bonds. The Bertz CT molecular complexity index is 644. The summed E-state index contributed by atoms with van der Waals surface area (Å²) in [6.07, 6.45) is 11.5. The molecule has 0 spiro atoms. The summed E-state index contributed by atoms with van der Waals surface area (Å²) >= 11 is 0. The largest absolute Gasteiger partial charge is 0.376 e. The molecule has 3 rings (SSSR count). The van der Waals surface area contributed by atoms with Crippen molar-refractivity contribution in [2.45, 2.75) is 75.3 Å². The van der Waals surface area contributed by atoms with Gasteiger partial charge in [-0.05, 0) is 32.7 Å². The summed E-state index contributed by atoms with van der Waals surface area (Å²) in [5.41, 5.74) is 0.971. The Morgan fingerprint density at radius 2 is 2.00 bits per heavy atom. The van der Waals surface area contributed by atoms with Gasteiger partial charge in [0.2, 0.25) is 15.0 Å². The molecule has 2 heterocycles. The molecule has 0 bridgehead atoms. The molecule has 1 aromatic heterocycles. The first-order chi connectivity index (χ1) is 11.4. The van der Waals surface area contributed by atoms with Crippen molar-refractivity contribution in [1.29, 1.82) is 0 Å². The summed E-state index contributed by atoms with van der Waals surface area (Å²) in [5, 5.41) is 0.171. The van der Waals surface area contributed by atoms with Crippen LogP contribution in [-0.4, -0.2) is 54.9 Å². The van der Waals surface area contributed by atoms with Crippen molar-refractivity contribution >= 4 is 9.84 Å². The highest BCUT2D eigenvalue weighted by molar-refractivity contribution is 7.90. The van der Waals surface area contributed by atoms with Gasteiger partial charge >= 0.3 is 0 Å². The normalized spacial score (nSPS) is 23.2. The molecule has 1 saturated carbocycles. The third-order valence-corrected chi connectivity index (χ3v) is 6.24. The van der Waals surface area contributed by atoms with E-state index in [2.05, 4.69) is 16.9 Å². The Kier molecular flexibility index (Phi) is 5.62. The third-order valence-electron chi connectivity index (χ3n) is 5.25. The Morgan fingerprint density at radius 3 is 2.62 bits per heavy atom. The molecular formula is C17H29N3O3S. The van der Waals surface area contributed by atoms with Gasteiger partial charge in [0.25, 0.3) is 0 Å². The van der Waals surface area contributed by atoms with Crippen LogP contribution in [-0.2, 0) is 27.7 Å². The van der Waals surface area contributed by atoms with Gasteiger partial charge in [-0.25, -0.2) is 13.4 Å². The van der Waals surface area contributed by atoms with Gasteiger partial charge in [-0.15, -0.1) is 0 Å². The van der Waals surface area contributed by atoms with Crippen molar-refractivity contribution in [2.24, 2.45) is 0 Å². The van der Waals surface area contributed by atoms with Crippen molar-refractivity contribution in [3.63, 3.8) is 0 Å². The molecule has 1 aliphatic heterocycles. The Balaban J connectivity index is 1.79. The molecular weight excluding hydrogens is 326 g/mol. The third kappa shape index (κ3) is 4.18. The second kappa shape index (κ2) is 7.54. The Morgan fingerprint density at radius 1 is 1.25 bits per heavy atom. The van der Waals surface area contributed by atoms with Gasteiger partial charge in [0.1, 0.15) is 0 Å². The van der Waals surface area contributed by atoms with Crippen LogP contribution in [0.2, 0.25) is 0 Å². The number of ether oxygens (including phenoxy) is 1. The zero-order chi connectivity index (χ0) is 17.2. The van der Waals surface area contributed by atoms with Crippen molar-refractivity contribution in [1.82, 2.24) is 14.5 Å². The fourth-order valence-electron chi connectivity index (χ4n) is 3.91. The lowest BCUT2D eigenvalue weighted by atomic mass is 9.94. The van der Waals surface area contributed by atoms with Crippen LogP contribution in [0.1, 0.15) is 50.6 Å². The quantitative estimate of drug-likeness (QED) is 0.783. The second-order valence-electron chi connectivity index (χ2n) is 7.26. The number of aromatic nitrogens is 2. The monoisotopic (exact) mass is 355 g/mol. The number of nitrogens with zero attached hydrogens (tertiary/aromatic N) is 3. The Labute approximate surface area is 145 Å². The maximum Gasteiger partial charge on any atom is 0.227 e. The first kappa shape index (κ1) is 17.9. The molecule has 0 unspecified atom stereocenters. The van der Waals surface area contributed by atoms with Crippen LogP contribution in [0.25, 0.3) is 0 Å². The van der Waals surface area contributed by atoms with E-state index in [0.717, 1.165) is 31.7 Å². The van der Waals surface area contributed by atoms with Gasteiger partial charge in [0.15, 0.2) is 0 Å². The highest BCUT2D eigenvalue weighted by Crippen LogP contribution is 2.24. The van der Waals surface area contributed by atoms with Gasteiger partial charge < -0.3 is 9.30 Å². The highest BCUT2D eigenvalue weighted by Gasteiger charge is 2.25. The van der Waals surface area contributed by atoms with Crippen molar-refractivity contribution in [2.75, 3.05) is 19.9 Å². The molecule has 0 radical (unpaired) electrons. The van der Waals surface area contributed by atoms with E-state index in [1.165, 1.54) is 38.4 Å². The molecule has 136 valence electrons. The summed E-state index contributed by atoms with van der Waals surface area (Å²) in [7, 11) is -1.20. The van der Waals surface area contributed by atoms with Crippen molar-refractivity contribution < 1.29 is 13.2 Å². The number of hydrogen-bond donors (Lipinski definition) is 0. The van der Waals surface area contributed by atoms with Crippen LogP contribution in [0.15, 0.2) is 11.4 Å². The predicted molar refractivity (Wildman–Crippen MR) is 92.7 cm³/mol. The molecule has 1 atom stereocenters. The van der Waals surface area contributed by atoms with Gasteiger partial charge in [-0.3, -0.25) is 4.90 Å². The minimum Gasteiger partial charge on any atom is -0.376 e. The first-order valence-corrected chi connectivity index (χ1v) is 10.9. The number of hydrogen-bond acceptors (Lipinski definition) is 5. The summed E-state index contributed by atoms with van der Waals surface area (Å²) in [4.78, 5) is 6.58. The zero-order valence-electron chi connectivity index (χ0n) is 14.8. The molecule has 2 fully saturated rings. The van der Waals surface area contributed by atoms with Crippen LogP contribution in [0.4, 0.5) is 0 Å². The van der Waals surface area contributed by atoms with Crippen LogP contribution < -0.4 is 0 Å².